The van der Waals surface area contributed by atoms with Crippen molar-refractivity contribution >= 4 is 0 Å². The average molecular weight is 602 g/mol. The molecule has 2 rings (SSSR count). The molecule has 0 atom stereocenters. The van der Waals surface area contributed by atoms with Crippen LogP contribution in [0.25, 0.3) is 0 Å². The van der Waals surface area contributed by atoms with Crippen molar-refractivity contribution < 1.29 is 39.1 Å². The van der Waals surface area contributed by atoms with E-state index in [1.165, 1.54) is 128 Å². The molecule has 7 heteroatoms. The predicted octanol–water partition coefficient (Wildman–Crippen LogP) is 1.78. The minimum Gasteiger partial charge on any atom is -1.00 e. The Morgan fingerprint density at radius 1 is 0.500 bits per heavy atom. The Hall–Kier alpha value is -1.04. The first-order chi connectivity index (χ1) is 18.7. The fourth-order valence-corrected chi connectivity index (χ4v) is 5.47. The van der Waals surface area contributed by atoms with E-state index in [1.807, 2.05) is 0 Å². The Labute approximate surface area is 259 Å². The van der Waals surface area contributed by atoms with E-state index in [0.717, 1.165) is 13.1 Å². The van der Waals surface area contributed by atoms with Gasteiger partial charge in [0.2, 0.25) is 12.7 Å². The molecule has 2 aromatic heterocycles. The SMILES string of the molecule is CCCCCCCCCCCCn1cc[n+](CC(O)C[n+]2ccn(CCCCCCCCCCCC)c2)c1.[Cl-].[Cl-]. The molecule has 1 N–H and O–H groups in total. The summed E-state index contributed by atoms with van der Waals surface area (Å²) in [7, 11) is 0. The van der Waals surface area contributed by atoms with Crippen molar-refractivity contribution in [2.75, 3.05) is 0 Å². The van der Waals surface area contributed by atoms with Crippen molar-refractivity contribution in [3.05, 3.63) is 37.4 Å². The highest BCUT2D eigenvalue weighted by Crippen LogP contribution is 2.12. The van der Waals surface area contributed by atoms with Crippen LogP contribution in [0.4, 0.5) is 0 Å². The van der Waals surface area contributed by atoms with Gasteiger partial charge >= 0.3 is 0 Å². The number of imidazole rings is 2. The van der Waals surface area contributed by atoms with Crippen molar-refractivity contribution in [3.8, 4) is 0 Å². The van der Waals surface area contributed by atoms with Crippen molar-refractivity contribution in [3.63, 3.8) is 0 Å². The van der Waals surface area contributed by atoms with Crippen LogP contribution < -0.4 is 33.9 Å². The first kappa shape index (κ1) is 39.0. The lowest BCUT2D eigenvalue weighted by Crippen LogP contribution is -3.00. The molecular weight excluding hydrogens is 539 g/mol. The van der Waals surface area contributed by atoms with E-state index >= 15 is 0 Å². The molecule has 0 saturated carbocycles. The van der Waals surface area contributed by atoms with E-state index in [2.05, 4.69) is 69.6 Å². The summed E-state index contributed by atoms with van der Waals surface area (Å²) >= 11 is 0. The Morgan fingerprint density at radius 2 is 0.800 bits per heavy atom. The van der Waals surface area contributed by atoms with E-state index in [1.54, 1.807) is 0 Å². The van der Waals surface area contributed by atoms with Crippen LogP contribution in [-0.2, 0) is 26.2 Å². The molecule has 2 heterocycles. The quantitative estimate of drug-likeness (QED) is 0.130. The van der Waals surface area contributed by atoms with Crippen molar-refractivity contribution in [2.45, 2.75) is 175 Å². The Balaban J connectivity index is 0.00000760. The fraction of sp³-hybridized carbons (Fsp3) is 0.818. The van der Waals surface area contributed by atoms with Gasteiger partial charge in [-0.25, -0.2) is 18.3 Å². The maximum atomic E-state index is 10.6. The van der Waals surface area contributed by atoms with E-state index in [-0.39, 0.29) is 30.9 Å². The number of hydrogen-bond donors (Lipinski definition) is 1. The average Bonchev–Trinajstić information content (AvgIpc) is 3.55. The highest BCUT2D eigenvalue weighted by atomic mass is 35.5. The number of halogens is 2. The molecule has 0 saturated heterocycles. The first-order valence-corrected chi connectivity index (χ1v) is 16.5. The molecule has 234 valence electrons. The normalized spacial score (nSPS) is 11.1. The highest BCUT2D eigenvalue weighted by molar-refractivity contribution is 4.68. The lowest BCUT2D eigenvalue weighted by molar-refractivity contribution is -0.737. The Kier molecular flexibility index (Phi) is 26.1. The molecule has 0 unspecified atom stereocenters. The fourth-order valence-electron chi connectivity index (χ4n) is 5.47. The number of aryl methyl sites for hydroxylation is 2. The van der Waals surface area contributed by atoms with Crippen LogP contribution in [0.1, 0.15) is 142 Å². The molecule has 2 aromatic rings. The number of nitrogens with zero attached hydrogens (tertiary/aromatic N) is 4. The summed E-state index contributed by atoms with van der Waals surface area (Å²) in [5.74, 6) is 0. The van der Waals surface area contributed by atoms with Gasteiger partial charge < -0.3 is 29.9 Å². The van der Waals surface area contributed by atoms with Crippen LogP contribution in [0.2, 0.25) is 0 Å². The third kappa shape index (κ3) is 19.9. The van der Waals surface area contributed by atoms with Gasteiger partial charge in [0.05, 0.1) is 13.1 Å². The predicted molar refractivity (Wildman–Crippen MR) is 159 cm³/mol. The van der Waals surface area contributed by atoms with Crippen LogP contribution in [0.15, 0.2) is 37.4 Å². The molecule has 0 radical (unpaired) electrons. The summed E-state index contributed by atoms with van der Waals surface area (Å²) in [6, 6.07) is 0. The van der Waals surface area contributed by atoms with Crippen molar-refractivity contribution in [1.82, 2.24) is 9.13 Å². The van der Waals surface area contributed by atoms with E-state index < -0.39 is 0 Å². The zero-order valence-corrected chi connectivity index (χ0v) is 27.5. The van der Waals surface area contributed by atoms with Crippen LogP contribution in [0.3, 0.4) is 0 Å². The first-order valence-electron chi connectivity index (χ1n) is 16.5. The maximum Gasteiger partial charge on any atom is 0.243 e. The van der Waals surface area contributed by atoms with Crippen LogP contribution in [0, 0.1) is 0 Å². The maximum absolute atomic E-state index is 10.6. The summed E-state index contributed by atoms with van der Waals surface area (Å²) in [5.41, 5.74) is 0. The molecule has 0 spiro atoms. The molecule has 0 aliphatic heterocycles. The van der Waals surface area contributed by atoms with Gasteiger partial charge in [0.1, 0.15) is 44.0 Å². The van der Waals surface area contributed by atoms with Gasteiger partial charge in [0.15, 0.2) is 0 Å². The molecule has 0 bridgehead atoms. The lowest BCUT2D eigenvalue weighted by Gasteiger charge is -2.05. The molecule has 40 heavy (non-hydrogen) atoms. The summed E-state index contributed by atoms with van der Waals surface area (Å²) in [6.07, 6.45) is 39.9. The lowest BCUT2D eigenvalue weighted by atomic mass is 10.1. The Morgan fingerprint density at radius 3 is 1.12 bits per heavy atom. The van der Waals surface area contributed by atoms with Crippen LogP contribution >= 0.6 is 0 Å². The van der Waals surface area contributed by atoms with E-state index in [0.29, 0.717) is 13.1 Å². The minimum atomic E-state index is -0.383. The number of hydrogen-bond acceptors (Lipinski definition) is 1. The smallest absolute Gasteiger partial charge is 0.243 e. The zero-order chi connectivity index (χ0) is 27.1. The van der Waals surface area contributed by atoms with Crippen LogP contribution in [-0.4, -0.2) is 20.3 Å². The number of aliphatic hydroxyl groups excluding tert-OH is 1. The second-order valence-corrected chi connectivity index (χ2v) is 11.7. The molecule has 0 aromatic carbocycles. The van der Waals surface area contributed by atoms with Gasteiger partial charge in [-0.05, 0) is 25.7 Å². The van der Waals surface area contributed by atoms with Crippen LogP contribution in [0.5, 0.6) is 0 Å². The van der Waals surface area contributed by atoms with Crippen molar-refractivity contribution in [1.29, 1.82) is 0 Å². The highest BCUT2D eigenvalue weighted by Gasteiger charge is 2.15. The molecule has 0 amide bonds. The largest absolute Gasteiger partial charge is 1.00 e. The topological polar surface area (TPSA) is 37.9 Å². The third-order valence-electron chi connectivity index (χ3n) is 7.88. The molecular formula is C33H62Cl2N4O. The standard InChI is InChI=1S/C33H62N4O.2ClH/c1-3-5-7-9-11-13-15-17-19-21-23-34-25-27-36(31-34)29-33(38)30-37-28-26-35(32-37)24-22-20-18-16-14-12-10-8-6-4-2;;/h25-28,31-33,38H,3-24,29-30H2,1-2H3;2*1H/q+2;;/p-2. The van der Waals surface area contributed by atoms with Crippen molar-refractivity contribution in [2.24, 2.45) is 0 Å². The van der Waals surface area contributed by atoms with Gasteiger partial charge in [-0.15, -0.1) is 0 Å². The number of aliphatic hydroxyl groups is 1. The van der Waals surface area contributed by atoms with Gasteiger partial charge in [0, 0.05) is 0 Å². The third-order valence-corrected chi connectivity index (χ3v) is 7.88. The Bertz CT molecular complexity index is 731. The summed E-state index contributed by atoms with van der Waals surface area (Å²) in [4.78, 5) is 0. The van der Waals surface area contributed by atoms with E-state index in [4.69, 9.17) is 0 Å². The monoisotopic (exact) mass is 600 g/mol. The summed E-state index contributed by atoms with van der Waals surface area (Å²) < 4.78 is 8.80. The zero-order valence-electron chi connectivity index (χ0n) is 26.0. The minimum absolute atomic E-state index is 0. The second kappa shape index (κ2) is 26.8. The van der Waals surface area contributed by atoms with Gasteiger partial charge in [0.25, 0.3) is 0 Å². The van der Waals surface area contributed by atoms with Gasteiger partial charge in [-0.1, -0.05) is 117 Å². The number of unbranched alkanes of at least 4 members (excludes halogenated alkanes) is 18. The molecule has 0 aliphatic rings. The van der Waals surface area contributed by atoms with Gasteiger partial charge in [-0.2, -0.15) is 0 Å². The van der Waals surface area contributed by atoms with Gasteiger partial charge in [-0.3, -0.25) is 0 Å². The van der Waals surface area contributed by atoms with E-state index in [9.17, 15) is 5.11 Å². The second-order valence-electron chi connectivity index (χ2n) is 11.7. The number of rotatable bonds is 26. The molecule has 0 aliphatic carbocycles. The summed E-state index contributed by atoms with van der Waals surface area (Å²) in [5, 5.41) is 10.6. The molecule has 0 fully saturated rings. The number of aromatic nitrogens is 4. The molecule has 5 nitrogen and oxygen atoms in total. The summed E-state index contributed by atoms with van der Waals surface area (Å²) in [6.45, 7) is 8.01.